The molecule has 1 heterocycles. The number of nitrogens with zero attached hydrogens (tertiary/aromatic N) is 2. The fourth-order valence-electron chi connectivity index (χ4n) is 3.38. The summed E-state index contributed by atoms with van der Waals surface area (Å²) < 4.78 is 5.33. The topological polar surface area (TPSA) is 53.0 Å². The molecule has 5 nitrogen and oxygen atoms in total. The number of ether oxygens (including phenoxy) is 1. The van der Waals surface area contributed by atoms with Gasteiger partial charge >= 0.3 is 6.09 Å². The van der Waals surface area contributed by atoms with Gasteiger partial charge in [0.2, 0.25) is 0 Å². The molecule has 1 fully saturated rings. The van der Waals surface area contributed by atoms with Gasteiger partial charge in [-0.15, -0.1) is 0 Å². The van der Waals surface area contributed by atoms with E-state index in [0.29, 0.717) is 13.0 Å². The average Bonchev–Trinajstić information content (AvgIpc) is 3.01. The second kappa shape index (κ2) is 8.34. The number of hydrogen-bond acceptors (Lipinski definition) is 4. The lowest BCUT2D eigenvalue weighted by atomic mass is 10.0. The van der Waals surface area contributed by atoms with Gasteiger partial charge in [-0.3, -0.25) is 4.90 Å². The molecule has 1 aliphatic rings. The minimum Gasteiger partial charge on any atom is -0.445 e. The highest BCUT2D eigenvalue weighted by Crippen LogP contribution is 2.24. The highest BCUT2D eigenvalue weighted by Gasteiger charge is 2.38. The van der Waals surface area contributed by atoms with Crippen LogP contribution in [0.3, 0.4) is 0 Å². The number of rotatable bonds is 6. The van der Waals surface area contributed by atoms with Crippen LogP contribution in [0.2, 0.25) is 0 Å². The van der Waals surface area contributed by atoms with Gasteiger partial charge in [-0.25, -0.2) is 4.79 Å². The minimum atomic E-state index is -0.894. The first-order chi connectivity index (χ1) is 12.5. The van der Waals surface area contributed by atoms with E-state index in [2.05, 4.69) is 17.0 Å². The van der Waals surface area contributed by atoms with Crippen molar-refractivity contribution in [3.63, 3.8) is 0 Å². The SMILES string of the molecule is CN(CC1(O)CCN(Cc2ccccc2)C1)C(=O)OCc1ccccc1. The number of hydrogen-bond donors (Lipinski definition) is 1. The summed E-state index contributed by atoms with van der Waals surface area (Å²) >= 11 is 0. The molecule has 1 unspecified atom stereocenters. The molecule has 26 heavy (non-hydrogen) atoms. The Morgan fingerprint density at radius 1 is 1.12 bits per heavy atom. The minimum absolute atomic E-state index is 0.239. The molecule has 1 aliphatic heterocycles. The second-order valence-electron chi connectivity index (χ2n) is 7.07. The average molecular weight is 354 g/mol. The van der Waals surface area contributed by atoms with E-state index in [0.717, 1.165) is 18.7 Å². The number of carbonyl (C=O) groups excluding carboxylic acids is 1. The van der Waals surface area contributed by atoms with Crippen molar-refractivity contribution in [3.05, 3.63) is 71.8 Å². The van der Waals surface area contributed by atoms with Crippen LogP contribution >= 0.6 is 0 Å². The Hall–Kier alpha value is -2.37. The van der Waals surface area contributed by atoms with Gasteiger partial charge in [0.1, 0.15) is 6.61 Å². The molecule has 138 valence electrons. The van der Waals surface area contributed by atoms with Gasteiger partial charge in [-0.05, 0) is 17.5 Å². The molecule has 0 saturated carbocycles. The van der Waals surface area contributed by atoms with E-state index in [1.165, 1.54) is 10.5 Å². The number of likely N-dealkylation sites (tertiary alicyclic amines) is 1. The Morgan fingerprint density at radius 3 is 2.38 bits per heavy atom. The van der Waals surface area contributed by atoms with E-state index in [-0.39, 0.29) is 13.2 Å². The Bertz CT molecular complexity index is 708. The summed E-state index contributed by atoms with van der Waals surface area (Å²) in [4.78, 5) is 15.9. The van der Waals surface area contributed by atoms with Crippen molar-refractivity contribution in [2.75, 3.05) is 26.7 Å². The molecule has 0 bridgehead atoms. The van der Waals surface area contributed by atoms with Crippen molar-refractivity contribution in [1.29, 1.82) is 0 Å². The Balaban J connectivity index is 1.47. The molecule has 0 aromatic heterocycles. The smallest absolute Gasteiger partial charge is 0.409 e. The van der Waals surface area contributed by atoms with Crippen molar-refractivity contribution in [2.24, 2.45) is 0 Å². The number of carbonyl (C=O) groups is 1. The number of β-amino-alcohol motifs (C(OH)–C–C–N with tert-alkyl or cyclic N) is 1. The van der Waals surface area contributed by atoms with Crippen LogP contribution in [-0.4, -0.2) is 53.3 Å². The van der Waals surface area contributed by atoms with E-state index in [4.69, 9.17) is 4.74 Å². The summed E-state index contributed by atoms with van der Waals surface area (Å²) in [6.45, 7) is 2.69. The fourth-order valence-corrected chi connectivity index (χ4v) is 3.38. The van der Waals surface area contributed by atoms with Crippen LogP contribution in [0.5, 0.6) is 0 Å². The van der Waals surface area contributed by atoms with Crippen LogP contribution in [0.1, 0.15) is 17.5 Å². The first-order valence-corrected chi connectivity index (χ1v) is 8.95. The van der Waals surface area contributed by atoms with E-state index >= 15 is 0 Å². The van der Waals surface area contributed by atoms with Crippen LogP contribution in [0.4, 0.5) is 4.79 Å². The van der Waals surface area contributed by atoms with Crippen LogP contribution in [-0.2, 0) is 17.9 Å². The lowest BCUT2D eigenvalue weighted by Crippen LogP contribution is -2.45. The number of likely N-dealkylation sites (N-methyl/N-ethyl adjacent to an activating group) is 1. The van der Waals surface area contributed by atoms with E-state index < -0.39 is 11.7 Å². The Labute approximate surface area is 154 Å². The lowest BCUT2D eigenvalue weighted by Gasteiger charge is -2.28. The van der Waals surface area contributed by atoms with Gasteiger partial charge in [0.25, 0.3) is 0 Å². The predicted molar refractivity (Wildman–Crippen MR) is 101 cm³/mol. The van der Waals surface area contributed by atoms with E-state index in [1.54, 1.807) is 7.05 Å². The van der Waals surface area contributed by atoms with Crippen molar-refractivity contribution in [1.82, 2.24) is 9.80 Å². The standard InChI is InChI=1S/C21H26N2O3/c1-22(20(24)26-15-19-10-6-3-7-11-19)16-21(25)12-13-23(17-21)14-18-8-4-2-5-9-18/h2-11,25H,12-17H2,1H3. The van der Waals surface area contributed by atoms with E-state index in [1.807, 2.05) is 48.5 Å². The van der Waals surface area contributed by atoms with Crippen molar-refractivity contribution in [2.45, 2.75) is 25.2 Å². The molecule has 1 N–H and O–H groups in total. The summed E-state index contributed by atoms with van der Waals surface area (Å²) in [5.74, 6) is 0. The van der Waals surface area contributed by atoms with Gasteiger partial charge in [0.05, 0.1) is 12.1 Å². The number of aliphatic hydroxyl groups is 1. The third-order valence-electron chi connectivity index (χ3n) is 4.71. The van der Waals surface area contributed by atoms with Gasteiger partial charge < -0.3 is 14.7 Å². The van der Waals surface area contributed by atoms with Gasteiger partial charge in [-0.1, -0.05) is 60.7 Å². The molecular weight excluding hydrogens is 328 g/mol. The Morgan fingerprint density at radius 2 is 1.73 bits per heavy atom. The summed E-state index contributed by atoms with van der Waals surface area (Å²) in [5, 5.41) is 10.9. The normalized spacial score (nSPS) is 20.1. The lowest BCUT2D eigenvalue weighted by molar-refractivity contribution is 0.0131. The maximum Gasteiger partial charge on any atom is 0.409 e. The Kier molecular flexibility index (Phi) is 5.91. The zero-order valence-corrected chi connectivity index (χ0v) is 15.2. The molecule has 1 atom stereocenters. The largest absolute Gasteiger partial charge is 0.445 e. The molecule has 3 rings (SSSR count). The maximum absolute atomic E-state index is 12.2. The summed E-state index contributed by atoms with van der Waals surface area (Å²) in [6.07, 6.45) is 0.236. The zero-order valence-electron chi connectivity index (χ0n) is 15.2. The van der Waals surface area contributed by atoms with Crippen LogP contribution in [0, 0.1) is 0 Å². The van der Waals surface area contributed by atoms with Gasteiger partial charge in [0, 0.05) is 26.7 Å². The molecule has 5 heteroatoms. The molecule has 0 spiro atoms. The zero-order chi connectivity index (χ0) is 18.4. The predicted octanol–water partition coefficient (Wildman–Crippen LogP) is 2.89. The van der Waals surface area contributed by atoms with Crippen LogP contribution in [0.25, 0.3) is 0 Å². The molecule has 1 saturated heterocycles. The molecule has 1 amide bonds. The van der Waals surface area contributed by atoms with Crippen molar-refractivity contribution in [3.8, 4) is 0 Å². The van der Waals surface area contributed by atoms with Crippen LogP contribution < -0.4 is 0 Å². The van der Waals surface area contributed by atoms with Crippen molar-refractivity contribution >= 4 is 6.09 Å². The maximum atomic E-state index is 12.2. The third kappa shape index (κ3) is 5.07. The second-order valence-corrected chi connectivity index (χ2v) is 7.07. The highest BCUT2D eigenvalue weighted by atomic mass is 16.6. The first-order valence-electron chi connectivity index (χ1n) is 8.95. The number of amides is 1. The van der Waals surface area contributed by atoms with Crippen LogP contribution in [0.15, 0.2) is 60.7 Å². The summed E-state index contributed by atoms with van der Waals surface area (Å²) in [7, 11) is 1.67. The highest BCUT2D eigenvalue weighted by molar-refractivity contribution is 5.67. The quantitative estimate of drug-likeness (QED) is 0.867. The molecular formula is C21H26N2O3. The molecule has 0 radical (unpaired) electrons. The summed E-state index contributed by atoms with van der Waals surface area (Å²) in [5.41, 5.74) is 1.28. The van der Waals surface area contributed by atoms with E-state index in [9.17, 15) is 9.90 Å². The number of benzene rings is 2. The summed E-state index contributed by atoms with van der Waals surface area (Å²) in [6, 6.07) is 19.8. The molecule has 2 aromatic carbocycles. The molecule has 2 aromatic rings. The third-order valence-corrected chi connectivity index (χ3v) is 4.71. The van der Waals surface area contributed by atoms with Crippen molar-refractivity contribution < 1.29 is 14.6 Å². The first kappa shape index (κ1) is 18.4. The van der Waals surface area contributed by atoms with Gasteiger partial charge in [0.15, 0.2) is 0 Å². The molecule has 0 aliphatic carbocycles. The van der Waals surface area contributed by atoms with Gasteiger partial charge in [-0.2, -0.15) is 0 Å². The monoisotopic (exact) mass is 354 g/mol. The fraction of sp³-hybridized carbons (Fsp3) is 0.381.